The number of hydrogen-bond acceptors (Lipinski definition) is 6. The van der Waals surface area contributed by atoms with E-state index in [1.165, 1.54) is 16.7 Å². The lowest BCUT2D eigenvalue weighted by Gasteiger charge is -2.37. The zero-order chi connectivity index (χ0) is 35.7. The van der Waals surface area contributed by atoms with Crippen molar-refractivity contribution in [2.24, 2.45) is 5.92 Å². The lowest BCUT2D eigenvalue weighted by atomic mass is 9.84. The maximum Gasteiger partial charge on any atom is 0.410 e. The summed E-state index contributed by atoms with van der Waals surface area (Å²) in [6, 6.07) is 38.1. The second-order valence-electron chi connectivity index (χ2n) is 14.2. The summed E-state index contributed by atoms with van der Waals surface area (Å²) in [7, 11) is 0. The van der Waals surface area contributed by atoms with Crippen LogP contribution in [0.1, 0.15) is 69.7 Å². The van der Waals surface area contributed by atoms with Crippen molar-refractivity contribution in [1.82, 2.24) is 15.5 Å². The van der Waals surface area contributed by atoms with Crippen LogP contribution in [-0.4, -0.2) is 58.0 Å². The van der Waals surface area contributed by atoms with E-state index in [2.05, 4.69) is 97.3 Å². The number of benzene rings is 4. The number of hydrogen-bond donors (Lipinski definition) is 3. The number of nitrogens with zero attached hydrogens (tertiary/aromatic N) is 1. The number of rotatable bonds is 13. The minimum atomic E-state index is -0.643. The van der Waals surface area contributed by atoms with E-state index in [1.54, 1.807) is 24.3 Å². The molecule has 5 rings (SSSR count). The average Bonchev–Trinajstić information content (AvgIpc) is 3.53. The van der Waals surface area contributed by atoms with Crippen LogP contribution in [0.5, 0.6) is 5.75 Å². The highest BCUT2D eigenvalue weighted by atomic mass is 32.2. The molecular weight excluding hydrogens is 643 g/mol. The Morgan fingerprint density at radius 3 is 1.86 bits per heavy atom. The summed E-state index contributed by atoms with van der Waals surface area (Å²) in [5.74, 6) is 0.171. The molecule has 0 saturated carbocycles. The molecule has 3 N–H and O–H groups in total. The van der Waals surface area contributed by atoms with Gasteiger partial charge in [0.25, 0.3) is 0 Å². The van der Waals surface area contributed by atoms with Gasteiger partial charge in [0.2, 0.25) is 5.91 Å². The fourth-order valence-corrected chi connectivity index (χ4v) is 8.50. The van der Waals surface area contributed by atoms with E-state index in [9.17, 15) is 14.7 Å². The van der Waals surface area contributed by atoms with Gasteiger partial charge in [-0.1, -0.05) is 123 Å². The molecule has 4 aromatic rings. The van der Waals surface area contributed by atoms with Crippen LogP contribution in [0, 0.1) is 5.92 Å². The van der Waals surface area contributed by atoms with Gasteiger partial charge in [-0.15, -0.1) is 11.8 Å². The summed E-state index contributed by atoms with van der Waals surface area (Å²) in [4.78, 5) is 29.3. The van der Waals surface area contributed by atoms with Crippen molar-refractivity contribution in [2.75, 3.05) is 13.1 Å². The number of nitrogens with one attached hydrogen (secondary N) is 2. The molecule has 0 spiro atoms. The first-order chi connectivity index (χ1) is 24.0. The Kier molecular flexibility index (Phi) is 12.3. The molecule has 2 amide bonds. The Hall–Kier alpha value is -4.27. The predicted molar refractivity (Wildman–Crippen MR) is 203 cm³/mol. The number of phenols is 1. The molecule has 50 heavy (non-hydrogen) atoms. The first-order valence-corrected chi connectivity index (χ1v) is 18.5. The van der Waals surface area contributed by atoms with E-state index in [0.717, 1.165) is 18.4 Å². The fraction of sp³-hybridized carbons (Fsp3) is 0.381. The summed E-state index contributed by atoms with van der Waals surface area (Å²) in [5, 5.41) is 16.4. The van der Waals surface area contributed by atoms with Gasteiger partial charge in [-0.05, 0) is 67.5 Å². The lowest BCUT2D eigenvalue weighted by molar-refractivity contribution is -0.124. The van der Waals surface area contributed by atoms with E-state index in [-0.39, 0.29) is 35.0 Å². The normalized spacial score (nSPS) is 17.6. The summed E-state index contributed by atoms with van der Waals surface area (Å²) >= 11 is 1.89. The van der Waals surface area contributed by atoms with Gasteiger partial charge in [0.1, 0.15) is 11.4 Å². The molecule has 1 fully saturated rings. The van der Waals surface area contributed by atoms with Gasteiger partial charge in [-0.3, -0.25) is 4.79 Å². The second kappa shape index (κ2) is 16.6. The van der Waals surface area contributed by atoms with E-state index in [0.29, 0.717) is 19.6 Å². The molecule has 1 aliphatic heterocycles. The molecule has 1 aliphatic rings. The topological polar surface area (TPSA) is 90.9 Å². The van der Waals surface area contributed by atoms with Gasteiger partial charge in [0.05, 0.1) is 10.8 Å². The predicted octanol–water partition coefficient (Wildman–Crippen LogP) is 8.12. The largest absolute Gasteiger partial charge is 0.508 e. The van der Waals surface area contributed by atoms with Crippen LogP contribution in [0.4, 0.5) is 4.79 Å². The van der Waals surface area contributed by atoms with E-state index < -0.39 is 16.4 Å². The van der Waals surface area contributed by atoms with Gasteiger partial charge in [0, 0.05) is 30.9 Å². The number of likely N-dealkylation sites (tertiary alicyclic amines) is 1. The molecule has 0 bridgehead atoms. The van der Waals surface area contributed by atoms with Crippen molar-refractivity contribution in [3.05, 3.63) is 138 Å². The second-order valence-corrected chi connectivity index (χ2v) is 15.7. The monoisotopic (exact) mass is 693 g/mol. The van der Waals surface area contributed by atoms with Gasteiger partial charge in [0.15, 0.2) is 0 Å². The molecule has 0 aromatic heterocycles. The number of ether oxygens (including phenoxy) is 1. The molecule has 4 atom stereocenters. The first kappa shape index (κ1) is 37.0. The molecule has 1 heterocycles. The van der Waals surface area contributed by atoms with Crippen LogP contribution in [0.3, 0.4) is 0 Å². The standard InChI is InChI=1S/C42H51N3O4S/c1-6-30(2)38(39(47)44-27-31-22-24-36(46)25-23-31)43-28-35-26-37(29-45(35)40(48)49-41(3,4)5)50-42(32-16-10-7-11-17-32,33-18-12-8-13-19-33)34-20-14-9-15-21-34/h7-25,30,35,37-38,43,46H,6,26-29H2,1-5H3,(H,44,47)/t30?,35?,37?,38-/m0/s1. The molecular formula is C42H51N3O4S. The summed E-state index contributed by atoms with van der Waals surface area (Å²) in [6.07, 6.45) is 1.21. The molecule has 0 aliphatic carbocycles. The zero-order valence-electron chi connectivity index (χ0n) is 29.8. The fourth-order valence-electron chi connectivity index (χ4n) is 6.63. The Balaban J connectivity index is 1.43. The summed E-state index contributed by atoms with van der Waals surface area (Å²) < 4.78 is 5.43. The average molecular weight is 694 g/mol. The molecule has 264 valence electrons. The Labute approximate surface area is 301 Å². The number of amides is 2. The van der Waals surface area contributed by atoms with Gasteiger partial charge < -0.3 is 25.4 Å². The third-order valence-corrected chi connectivity index (χ3v) is 11.1. The zero-order valence-corrected chi connectivity index (χ0v) is 30.7. The van der Waals surface area contributed by atoms with Crippen LogP contribution in [0.15, 0.2) is 115 Å². The maximum absolute atomic E-state index is 13.8. The van der Waals surface area contributed by atoms with Crippen molar-refractivity contribution in [3.63, 3.8) is 0 Å². The number of carbonyl (C=O) groups is 2. The first-order valence-electron chi connectivity index (χ1n) is 17.6. The van der Waals surface area contributed by atoms with Crippen LogP contribution in [-0.2, 0) is 20.8 Å². The third-order valence-electron chi connectivity index (χ3n) is 9.36. The minimum absolute atomic E-state index is 0.0678. The number of carbonyl (C=O) groups excluding carboxylic acids is 2. The Morgan fingerprint density at radius 1 is 0.860 bits per heavy atom. The molecule has 7 nitrogen and oxygen atoms in total. The molecule has 4 aromatic carbocycles. The van der Waals surface area contributed by atoms with E-state index in [1.807, 2.05) is 55.6 Å². The summed E-state index contributed by atoms with van der Waals surface area (Å²) in [5.41, 5.74) is 3.79. The van der Waals surface area contributed by atoms with Crippen molar-refractivity contribution in [2.45, 2.75) is 81.7 Å². The molecule has 8 heteroatoms. The lowest BCUT2D eigenvalue weighted by Crippen LogP contribution is -2.52. The van der Waals surface area contributed by atoms with Gasteiger partial charge >= 0.3 is 6.09 Å². The van der Waals surface area contributed by atoms with Crippen molar-refractivity contribution in [3.8, 4) is 5.75 Å². The summed E-state index contributed by atoms with van der Waals surface area (Å²) in [6.45, 7) is 11.2. The minimum Gasteiger partial charge on any atom is -0.508 e. The molecule has 0 radical (unpaired) electrons. The SMILES string of the molecule is CCC(C)[C@H](NCC1CC(SC(c2ccccc2)(c2ccccc2)c2ccccc2)CN1C(=O)OC(C)(C)C)C(=O)NCc1ccc(O)cc1. The quantitative estimate of drug-likeness (QED) is 0.123. The van der Waals surface area contributed by atoms with Crippen molar-refractivity contribution >= 4 is 23.8 Å². The smallest absolute Gasteiger partial charge is 0.410 e. The molecule has 1 saturated heterocycles. The van der Waals surface area contributed by atoms with E-state index in [4.69, 9.17) is 4.74 Å². The highest BCUT2D eigenvalue weighted by molar-refractivity contribution is 8.01. The van der Waals surface area contributed by atoms with Crippen LogP contribution < -0.4 is 10.6 Å². The van der Waals surface area contributed by atoms with E-state index >= 15 is 0 Å². The Morgan fingerprint density at radius 2 is 1.38 bits per heavy atom. The third kappa shape index (κ3) is 9.09. The van der Waals surface area contributed by atoms with Gasteiger partial charge in [-0.2, -0.15) is 0 Å². The van der Waals surface area contributed by atoms with Crippen molar-refractivity contribution < 1.29 is 19.4 Å². The maximum atomic E-state index is 13.8. The van der Waals surface area contributed by atoms with Crippen LogP contribution in [0.2, 0.25) is 0 Å². The highest BCUT2D eigenvalue weighted by Crippen LogP contribution is 2.52. The Bertz CT molecular complexity index is 1570. The number of aromatic hydroxyl groups is 1. The van der Waals surface area contributed by atoms with Gasteiger partial charge in [-0.25, -0.2) is 4.79 Å². The van der Waals surface area contributed by atoms with Crippen LogP contribution in [0.25, 0.3) is 0 Å². The van der Waals surface area contributed by atoms with Crippen molar-refractivity contribution in [1.29, 1.82) is 0 Å². The van der Waals surface area contributed by atoms with Crippen LogP contribution >= 0.6 is 11.8 Å². The highest BCUT2D eigenvalue weighted by Gasteiger charge is 2.45. The number of thioether (sulfide) groups is 1. The molecule has 3 unspecified atom stereocenters. The number of phenolic OH excluding ortho intramolecular Hbond substituents is 1.